The van der Waals surface area contributed by atoms with Crippen molar-refractivity contribution in [1.29, 1.82) is 0 Å². The van der Waals surface area contributed by atoms with Crippen LogP contribution in [0.1, 0.15) is 25.0 Å². The molecule has 20 heavy (non-hydrogen) atoms. The van der Waals surface area contributed by atoms with E-state index in [9.17, 15) is 4.79 Å². The molecule has 6 nitrogen and oxygen atoms in total. The number of ether oxygens (including phenoxy) is 2. The van der Waals surface area contributed by atoms with Crippen LogP contribution in [-0.2, 0) is 20.9 Å². The highest BCUT2D eigenvalue weighted by atomic mass is 16.5. The monoisotopic (exact) mass is 282 g/mol. The van der Waals surface area contributed by atoms with Crippen LogP contribution in [-0.4, -0.2) is 37.8 Å². The van der Waals surface area contributed by atoms with E-state index in [1.54, 1.807) is 6.26 Å². The Kier molecular flexibility index (Phi) is 5.58. The van der Waals surface area contributed by atoms with Crippen molar-refractivity contribution in [3.05, 3.63) is 24.2 Å². The van der Waals surface area contributed by atoms with Crippen molar-refractivity contribution in [2.75, 3.05) is 26.4 Å². The van der Waals surface area contributed by atoms with Crippen molar-refractivity contribution in [2.24, 2.45) is 5.73 Å². The van der Waals surface area contributed by atoms with Crippen molar-refractivity contribution in [3.8, 4) is 0 Å². The summed E-state index contributed by atoms with van der Waals surface area (Å²) in [5.74, 6) is 0.712. The lowest BCUT2D eigenvalue weighted by atomic mass is 9.90. The molecule has 1 amide bonds. The van der Waals surface area contributed by atoms with Gasteiger partial charge in [-0.2, -0.15) is 0 Å². The summed E-state index contributed by atoms with van der Waals surface area (Å²) in [6.07, 6.45) is 3.52. The Morgan fingerprint density at radius 3 is 2.95 bits per heavy atom. The van der Waals surface area contributed by atoms with Crippen LogP contribution in [0.2, 0.25) is 0 Å². The fraction of sp³-hybridized carbons (Fsp3) is 0.643. The molecule has 2 rings (SSSR count). The number of hydrogen-bond donors (Lipinski definition) is 2. The van der Waals surface area contributed by atoms with Crippen molar-refractivity contribution in [1.82, 2.24) is 5.32 Å². The molecular weight excluding hydrogens is 260 g/mol. The molecule has 112 valence electrons. The Labute approximate surface area is 118 Å². The molecule has 3 N–H and O–H groups in total. The van der Waals surface area contributed by atoms with Gasteiger partial charge in [0.15, 0.2) is 0 Å². The van der Waals surface area contributed by atoms with Crippen molar-refractivity contribution in [2.45, 2.75) is 31.4 Å². The molecule has 0 radical (unpaired) electrons. The van der Waals surface area contributed by atoms with Gasteiger partial charge in [0, 0.05) is 26.4 Å². The number of carbonyl (C=O) groups excluding carboxylic acids is 1. The predicted molar refractivity (Wildman–Crippen MR) is 73.0 cm³/mol. The molecule has 0 aromatic carbocycles. The SMILES string of the molecule is NC1(C(=O)NCCCOCc2ccco2)CCOCC1. The normalized spacial score (nSPS) is 17.9. The first-order valence-corrected chi connectivity index (χ1v) is 6.96. The number of carbonyl (C=O) groups is 1. The average Bonchev–Trinajstić information content (AvgIpc) is 2.96. The maximum Gasteiger partial charge on any atom is 0.240 e. The molecule has 1 aliphatic heterocycles. The number of hydrogen-bond acceptors (Lipinski definition) is 5. The fourth-order valence-electron chi connectivity index (χ4n) is 2.08. The highest BCUT2D eigenvalue weighted by Gasteiger charge is 2.35. The van der Waals surface area contributed by atoms with Gasteiger partial charge in [-0.25, -0.2) is 0 Å². The van der Waals surface area contributed by atoms with Crippen LogP contribution in [0.25, 0.3) is 0 Å². The lowest BCUT2D eigenvalue weighted by Crippen LogP contribution is -2.57. The largest absolute Gasteiger partial charge is 0.467 e. The third kappa shape index (κ3) is 4.33. The number of nitrogens with two attached hydrogens (primary N) is 1. The Bertz CT molecular complexity index is 399. The van der Waals surface area contributed by atoms with Gasteiger partial charge in [-0.1, -0.05) is 0 Å². The summed E-state index contributed by atoms with van der Waals surface area (Å²) < 4.78 is 15.8. The van der Waals surface area contributed by atoms with Crippen LogP contribution in [0, 0.1) is 0 Å². The number of rotatable bonds is 7. The third-order valence-electron chi connectivity index (χ3n) is 3.41. The molecule has 2 heterocycles. The van der Waals surface area contributed by atoms with Gasteiger partial charge >= 0.3 is 0 Å². The zero-order valence-electron chi connectivity index (χ0n) is 11.6. The van der Waals surface area contributed by atoms with Crippen LogP contribution < -0.4 is 11.1 Å². The van der Waals surface area contributed by atoms with Crippen LogP contribution in [0.4, 0.5) is 0 Å². The maximum atomic E-state index is 12.0. The van der Waals surface area contributed by atoms with Crippen LogP contribution in [0.15, 0.2) is 22.8 Å². The average molecular weight is 282 g/mol. The molecule has 1 saturated heterocycles. The van der Waals surface area contributed by atoms with E-state index in [1.807, 2.05) is 12.1 Å². The number of amides is 1. The van der Waals surface area contributed by atoms with Crippen molar-refractivity contribution in [3.63, 3.8) is 0 Å². The molecule has 6 heteroatoms. The van der Waals surface area contributed by atoms with E-state index in [1.165, 1.54) is 0 Å². The zero-order chi connectivity index (χ0) is 14.3. The summed E-state index contributed by atoms with van der Waals surface area (Å²) in [7, 11) is 0. The highest BCUT2D eigenvalue weighted by Crippen LogP contribution is 2.17. The second-order valence-electron chi connectivity index (χ2n) is 5.01. The van der Waals surface area contributed by atoms with E-state index in [2.05, 4.69) is 5.32 Å². The smallest absolute Gasteiger partial charge is 0.240 e. The molecule has 0 saturated carbocycles. The summed E-state index contributed by atoms with van der Waals surface area (Å²) in [4.78, 5) is 12.0. The maximum absolute atomic E-state index is 12.0. The first-order valence-electron chi connectivity index (χ1n) is 6.96. The number of nitrogens with one attached hydrogen (secondary N) is 1. The Balaban J connectivity index is 1.55. The Morgan fingerprint density at radius 1 is 1.45 bits per heavy atom. The molecule has 1 aromatic rings. The minimum atomic E-state index is -0.771. The molecule has 1 aromatic heterocycles. The molecule has 0 unspecified atom stereocenters. The fourth-order valence-corrected chi connectivity index (χ4v) is 2.08. The van der Waals surface area contributed by atoms with E-state index < -0.39 is 5.54 Å². The standard InChI is InChI=1S/C14H22N2O4/c15-14(4-9-18-10-5-14)13(17)16-6-2-7-19-11-12-3-1-8-20-12/h1,3,8H,2,4-7,9-11,15H2,(H,16,17). The zero-order valence-corrected chi connectivity index (χ0v) is 11.6. The van der Waals surface area contributed by atoms with E-state index >= 15 is 0 Å². The summed E-state index contributed by atoms with van der Waals surface area (Å²) in [6, 6.07) is 3.69. The lowest BCUT2D eigenvalue weighted by Gasteiger charge is -2.31. The minimum Gasteiger partial charge on any atom is -0.467 e. The second-order valence-corrected chi connectivity index (χ2v) is 5.01. The molecule has 0 aliphatic carbocycles. The predicted octanol–water partition coefficient (Wildman–Crippen LogP) is 0.810. The molecule has 1 aliphatic rings. The lowest BCUT2D eigenvalue weighted by molar-refractivity contribution is -0.129. The Morgan fingerprint density at radius 2 is 2.25 bits per heavy atom. The van der Waals surface area contributed by atoms with Gasteiger partial charge in [0.25, 0.3) is 0 Å². The summed E-state index contributed by atoms with van der Waals surface area (Å²) in [6.45, 7) is 2.70. The second kappa shape index (κ2) is 7.42. The van der Waals surface area contributed by atoms with Gasteiger partial charge in [-0.3, -0.25) is 4.79 Å². The van der Waals surface area contributed by atoms with Gasteiger partial charge in [0.2, 0.25) is 5.91 Å². The minimum absolute atomic E-state index is 0.0909. The topological polar surface area (TPSA) is 86.7 Å². The molecule has 0 bridgehead atoms. The third-order valence-corrected chi connectivity index (χ3v) is 3.41. The van der Waals surface area contributed by atoms with Crippen LogP contribution >= 0.6 is 0 Å². The van der Waals surface area contributed by atoms with Gasteiger partial charge in [0.1, 0.15) is 12.4 Å². The molecule has 0 spiro atoms. The van der Waals surface area contributed by atoms with E-state index in [0.717, 1.165) is 12.2 Å². The summed E-state index contributed by atoms with van der Waals surface area (Å²) in [5, 5.41) is 2.86. The molecular formula is C14H22N2O4. The summed E-state index contributed by atoms with van der Waals surface area (Å²) in [5.41, 5.74) is 5.30. The Hall–Kier alpha value is -1.37. The van der Waals surface area contributed by atoms with Gasteiger partial charge < -0.3 is 24.9 Å². The highest BCUT2D eigenvalue weighted by molar-refractivity contribution is 5.86. The van der Waals surface area contributed by atoms with E-state index in [-0.39, 0.29) is 5.91 Å². The van der Waals surface area contributed by atoms with Gasteiger partial charge in [-0.05, 0) is 31.4 Å². The van der Waals surface area contributed by atoms with Crippen molar-refractivity contribution < 1.29 is 18.7 Å². The molecule has 0 atom stereocenters. The summed E-state index contributed by atoms with van der Waals surface area (Å²) >= 11 is 0. The van der Waals surface area contributed by atoms with Crippen LogP contribution in [0.3, 0.4) is 0 Å². The first kappa shape index (κ1) is 15.0. The van der Waals surface area contributed by atoms with E-state index in [0.29, 0.717) is 45.8 Å². The number of furan rings is 1. The van der Waals surface area contributed by atoms with Crippen molar-refractivity contribution >= 4 is 5.91 Å². The quantitative estimate of drug-likeness (QED) is 0.723. The van der Waals surface area contributed by atoms with Gasteiger partial charge in [0.05, 0.1) is 11.8 Å². The molecule has 1 fully saturated rings. The van der Waals surface area contributed by atoms with Gasteiger partial charge in [-0.15, -0.1) is 0 Å². The van der Waals surface area contributed by atoms with Crippen LogP contribution in [0.5, 0.6) is 0 Å². The first-order chi connectivity index (χ1) is 9.71. The van der Waals surface area contributed by atoms with E-state index in [4.69, 9.17) is 19.6 Å².